The number of rotatable bonds is 3. The van der Waals surface area contributed by atoms with Crippen molar-refractivity contribution in [3.63, 3.8) is 0 Å². The van der Waals surface area contributed by atoms with Crippen LogP contribution in [0.2, 0.25) is 0 Å². The topological polar surface area (TPSA) is 21.6 Å². The van der Waals surface area contributed by atoms with Crippen molar-refractivity contribution in [3.05, 3.63) is 29.8 Å². The van der Waals surface area contributed by atoms with Crippen molar-refractivity contribution in [1.82, 2.24) is 0 Å². The molecule has 0 saturated heterocycles. The van der Waals surface area contributed by atoms with Crippen LogP contribution in [-0.4, -0.2) is 33.0 Å². The molecule has 1 rings (SSSR count). The van der Waals surface area contributed by atoms with E-state index in [4.69, 9.17) is 4.74 Å². The van der Waals surface area contributed by atoms with Crippen molar-refractivity contribution >= 4 is 19.6 Å². The number of benzene rings is 1. The van der Waals surface area contributed by atoms with Gasteiger partial charge in [0.15, 0.2) is 0 Å². The smallest absolute Gasteiger partial charge is 0.118 e. The van der Waals surface area contributed by atoms with Crippen LogP contribution in [0.3, 0.4) is 0 Å². The van der Waals surface area contributed by atoms with Gasteiger partial charge in [-0.05, 0) is 50.2 Å². The van der Waals surface area contributed by atoms with Crippen LogP contribution in [0, 0.1) is 0 Å². The van der Waals surface area contributed by atoms with Gasteiger partial charge in [-0.1, -0.05) is 6.30 Å². The molecule has 0 spiro atoms. The molecule has 0 unspecified atom stereocenters. The third kappa shape index (κ3) is 3.80. The lowest BCUT2D eigenvalue weighted by molar-refractivity contribution is 0.415. The summed E-state index contributed by atoms with van der Waals surface area (Å²) in [6, 6.07) is 7.82. The molecule has 0 aliphatic rings. The fourth-order valence-electron chi connectivity index (χ4n) is 0.913. The van der Waals surface area contributed by atoms with E-state index in [9.17, 15) is 0 Å². The van der Waals surface area contributed by atoms with Crippen LogP contribution >= 0.6 is 7.04 Å². The molecule has 1 aromatic rings. The van der Waals surface area contributed by atoms with Gasteiger partial charge >= 0.3 is 0 Å². The Morgan fingerprint density at radius 1 is 1.29 bits per heavy atom. The number of ether oxygens (including phenoxy) is 1. The second kappa shape index (κ2) is 4.47. The zero-order chi connectivity index (χ0) is 10.6. The molecule has 0 bridgehead atoms. The molecule has 2 nitrogen and oxygen atoms in total. The third-order valence-electron chi connectivity index (χ3n) is 1.64. The van der Waals surface area contributed by atoms with E-state index < -0.39 is 7.04 Å². The van der Waals surface area contributed by atoms with Gasteiger partial charge in [-0.2, -0.15) is 0 Å². The molecule has 0 aliphatic carbocycles. The molecule has 0 atom stereocenters. The molecule has 0 amide bonds. The molecule has 0 N–H and O–H groups in total. The quantitative estimate of drug-likeness (QED) is 0.554. The van der Waals surface area contributed by atoms with Crippen LogP contribution < -0.4 is 4.74 Å². The molecule has 0 radical (unpaired) electrons. The predicted octanol–water partition coefficient (Wildman–Crippen LogP) is 2.74. The minimum atomic E-state index is -1.31. The standard InChI is InChI=1S/C11H16NOP/c1-13-11-7-5-10(6-8-11)9-12-14(2,3)4/h5-9H,2H2,1,3-4H3. The van der Waals surface area contributed by atoms with Crippen LogP contribution in [-0.2, 0) is 0 Å². The molecular weight excluding hydrogens is 193 g/mol. The van der Waals surface area contributed by atoms with Gasteiger partial charge in [-0.25, -0.2) is 0 Å². The molecular formula is C11H16NOP. The summed E-state index contributed by atoms with van der Waals surface area (Å²) in [5.74, 6) is 0.867. The Morgan fingerprint density at radius 3 is 2.29 bits per heavy atom. The van der Waals surface area contributed by atoms with Gasteiger partial charge < -0.3 is 4.74 Å². The summed E-state index contributed by atoms with van der Waals surface area (Å²) < 4.78 is 9.48. The average Bonchev–Trinajstić information content (AvgIpc) is 2.14. The van der Waals surface area contributed by atoms with E-state index in [0.29, 0.717) is 0 Å². The SMILES string of the molecule is C=P(C)(C)N=Cc1ccc(OC)cc1. The highest BCUT2D eigenvalue weighted by molar-refractivity contribution is 7.71. The monoisotopic (exact) mass is 209 g/mol. The van der Waals surface area contributed by atoms with Crippen molar-refractivity contribution in [1.29, 1.82) is 0 Å². The summed E-state index contributed by atoms with van der Waals surface area (Å²) in [7, 11) is 0.349. The Morgan fingerprint density at radius 2 is 1.86 bits per heavy atom. The van der Waals surface area contributed by atoms with Gasteiger partial charge in [-0.15, -0.1) is 0 Å². The summed E-state index contributed by atoms with van der Waals surface area (Å²) >= 11 is 0. The Bertz CT molecular complexity index is 361. The van der Waals surface area contributed by atoms with Gasteiger partial charge in [0.05, 0.1) is 7.11 Å². The van der Waals surface area contributed by atoms with E-state index in [-0.39, 0.29) is 0 Å². The average molecular weight is 209 g/mol. The van der Waals surface area contributed by atoms with Gasteiger partial charge in [0.25, 0.3) is 0 Å². The van der Waals surface area contributed by atoms with Crippen molar-refractivity contribution in [2.75, 3.05) is 20.4 Å². The van der Waals surface area contributed by atoms with Crippen molar-refractivity contribution in [2.45, 2.75) is 0 Å². The van der Waals surface area contributed by atoms with E-state index in [1.54, 1.807) is 7.11 Å². The summed E-state index contributed by atoms with van der Waals surface area (Å²) in [5, 5.41) is 0. The molecule has 0 aromatic heterocycles. The van der Waals surface area contributed by atoms with Crippen molar-refractivity contribution in [3.8, 4) is 5.75 Å². The summed E-state index contributed by atoms with van der Waals surface area (Å²) in [6.45, 7) is 4.15. The molecule has 0 aliphatic heterocycles. The molecule has 0 fully saturated rings. The summed E-state index contributed by atoms with van der Waals surface area (Å²) in [4.78, 5) is 0. The van der Waals surface area contributed by atoms with E-state index in [0.717, 1.165) is 11.3 Å². The second-order valence-electron chi connectivity index (χ2n) is 3.64. The minimum absolute atomic E-state index is 0.867. The molecule has 76 valence electrons. The first kappa shape index (κ1) is 11.1. The van der Waals surface area contributed by atoms with Gasteiger partial charge in [0, 0.05) is 6.21 Å². The van der Waals surface area contributed by atoms with Crippen LogP contribution in [0.4, 0.5) is 0 Å². The second-order valence-corrected chi connectivity index (χ2v) is 7.11. The molecule has 3 heteroatoms. The third-order valence-corrected chi connectivity index (χ3v) is 2.38. The number of hydrogen-bond donors (Lipinski definition) is 0. The first-order valence-corrected chi connectivity index (χ1v) is 7.21. The Kier molecular flexibility index (Phi) is 3.54. The van der Waals surface area contributed by atoms with Gasteiger partial charge in [0.2, 0.25) is 0 Å². The summed E-state index contributed by atoms with van der Waals surface area (Å²) in [6.07, 6.45) is 5.88. The van der Waals surface area contributed by atoms with E-state index in [1.807, 2.05) is 30.5 Å². The largest absolute Gasteiger partial charge is 0.497 e. The lowest BCUT2D eigenvalue weighted by Gasteiger charge is -2.04. The predicted molar refractivity (Wildman–Crippen MR) is 66.5 cm³/mol. The number of methoxy groups -OCH3 is 1. The van der Waals surface area contributed by atoms with Crippen LogP contribution in [0.5, 0.6) is 5.75 Å². The summed E-state index contributed by atoms with van der Waals surface area (Å²) in [5.41, 5.74) is 1.09. The normalized spacial score (nSPS) is 11.9. The number of nitrogens with zero attached hydrogens (tertiary/aromatic N) is 1. The molecule has 0 saturated carbocycles. The van der Waals surface area contributed by atoms with Gasteiger partial charge in [-0.3, -0.25) is 4.76 Å². The fourth-order valence-corrected chi connectivity index (χ4v) is 1.36. The lowest BCUT2D eigenvalue weighted by Crippen LogP contribution is -1.84. The Hall–Kier alpha value is -1.01. The minimum Gasteiger partial charge on any atom is -0.497 e. The first-order chi connectivity index (χ1) is 6.51. The van der Waals surface area contributed by atoms with Gasteiger partial charge in [0.1, 0.15) is 5.75 Å². The van der Waals surface area contributed by atoms with Crippen LogP contribution in [0.15, 0.2) is 29.0 Å². The maximum absolute atomic E-state index is 5.06. The molecule has 0 heterocycles. The van der Waals surface area contributed by atoms with E-state index in [1.165, 1.54) is 0 Å². The highest BCUT2D eigenvalue weighted by Gasteiger charge is 1.93. The Labute approximate surface area is 85.7 Å². The van der Waals surface area contributed by atoms with Crippen molar-refractivity contribution < 1.29 is 4.74 Å². The maximum Gasteiger partial charge on any atom is 0.118 e. The highest BCUT2D eigenvalue weighted by Crippen LogP contribution is 2.36. The van der Waals surface area contributed by atoms with E-state index in [2.05, 4.69) is 24.4 Å². The maximum atomic E-state index is 5.06. The molecule has 1 aromatic carbocycles. The fraction of sp³-hybridized carbons (Fsp3) is 0.273. The Balaban J connectivity index is 2.79. The van der Waals surface area contributed by atoms with Crippen LogP contribution in [0.1, 0.15) is 5.56 Å². The lowest BCUT2D eigenvalue weighted by atomic mass is 10.2. The zero-order valence-electron chi connectivity index (χ0n) is 8.90. The highest BCUT2D eigenvalue weighted by atomic mass is 31.2. The number of hydrogen-bond acceptors (Lipinski definition) is 2. The zero-order valence-corrected chi connectivity index (χ0v) is 9.79. The van der Waals surface area contributed by atoms with Crippen molar-refractivity contribution in [2.24, 2.45) is 4.76 Å². The van der Waals surface area contributed by atoms with Crippen LogP contribution in [0.25, 0.3) is 0 Å². The molecule has 14 heavy (non-hydrogen) atoms. The first-order valence-electron chi connectivity index (χ1n) is 4.39. The van der Waals surface area contributed by atoms with E-state index >= 15 is 0 Å².